The minimum absolute atomic E-state index is 0.837. The third-order valence-corrected chi connectivity index (χ3v) is 5.83. The van der Waals surface area contributed by atoms with Crippen LogP contribution in [0.15, 0.2) is 36.4 Å². The molecule has 26 heavy (non-hydrogen) atoms. The summed E-state index contributed by atoms with van der Waals surface area (Å²) in [5.41, 5.74) is 1.42. The van der Waals surface area contributed by atoms with Gasteiger partial charge in [-0.2, -0.15) is 11.8 Å². The van der Waals surface area contributed by atoms with Crippen LogP contribution >= 0.6 is 23.4 Å². The van der Waals surface area contributed by atoms with Crippen molar-refractivity contribution in [2.45, 2.75) is 89.9 Å². The summed E-state index contributed by atoms with van der Waals surface area (Å²) in [6.07, 6.45) is 26.0. The molecule has 0 aromatic heterocycles. The third kappa shape index (κ3) is 14.7. The number of benzene rings is 1. The van der Waals surface area contributed by atoms with Crippen molar-refractivity contribution in [3.05, 3.63) is 47.0 Å². The summed E-state index contributed by atoms with van der Waals surface area (Å²) in [6, 6.07) is 8.30. The normalized spacial score (nSPS) is 11.5. The maximum atomic E-state index is 5.91. The molecule has 0 N–H and O–H groups in total. The van der Waals surface area contributed by atoms with Crippen LogP contribution in [-0.4, -0.2) is 12.0 Å². The zero-order chi connectivity index (χ0) is 18.7. The van der Waals surface area contributed by atoms with Gasteiger partial charge < -0.3 is 0 Å². The minimum Gasteiger partial charge on any atom is -0.165 e. The molecule has 0 saturated carbocycles. The molecule has 0 nitrogen and oxygen atoms in total. The molecule has 1 aromatic rings. The van der Waals surface area contributed by atoms with Gasteiger partial charge in [-0.3, -0.25) is 0 Å². The Morgan fingerprint density at radius 3 is 1.77 bits per heavy atom. The molecule has 0 radical (unpaired) electrons. The van der Waals surface area contributed by atoms with Crippen molar-refractivity contribution in [1.29, 1.82) is 0 Å². The van der Waals surface area contributed by atoms with Crippen LogP contribution in [0, 0.1) is 0 Å². The predicted molar refractivity (Wildman–Crippen MR) is 123 cm³/mol. The second-order valence-corrected chi connectivity index (χ2v) is 8.73. The number of hydrogen-bond donors (Lipinski definition) is 0. The predicted octanol–water partition coefficient (Wildman–Crippen LogP) is 8.87. The molecule has 0 heterocycles. The van der Waals surface area contributed by atoms with Crippen LogP contribution < -0.4 is 0 Å². The highest BCUT2D eigenvalue weighted by Crippen LogP contribution is 2.14. The first-order valence-corrected chi connectivity index (χ1v) is 12.5. The highest BCUT2D eigenvalue weighted by atomic mass is 35.5. The number of thioether (sulfide) groups is 1. The molecule has 1 aromatic carbocycles. The number of halogens is 1. The van der Waals surface area contributed by atoms with Crippen molar-refractivity contribution in [2.24, 2.45) is 0 Å². The summed E-state index contributed by atoms with van der Waals surface area (Å²) >= 11 is 7.89. The fourth-order valence-corrected chi connectivity index (χ4v) is 3.84. The van der Waals surface area contributed by atoms with E-state index < -0.39 is 0 Å². The molecule has 0 spiro atoms. The number of unbranched alkanes of at least 4 members (excludes halogenated alkanes) is 11. The van der Waals surface area contributed by atoms with Crippen LogP contribution in [0.2, 0.25) is 5.02 Å². The molecule has 0 saturated heterocycles. The molecular weight excluding hydrogens is 356 g/mol. The SMILES string of the molecule is CSCCCCCCC/C=C\CCCCCCCCc1ccc(Cl)cc1. The fraction of sp³-hybridized carbons (Fsp3) is 0.667. The van der Waals surface area contributed by atoms with E-state index in [-0.39, 0.29) is 0 Å². The molecule has 0 bridgehead atoms. The largest absolute Gasteiger partial charge is 0.165 e. The number of rotatable bonds is 17. The number of hydrogen-bond acceptors (Lipinski definition) is 1. The Bertz CT molecular complexity index is 438. The first-order chi connectivity index (χ1) is 12.8. The minimum atomic E-state index is 0.837. The Labute approximate surface area is 172 Å². The van der Waals surface area contributed by atoms with Crippen molar-refractivity contribution >= 4 is 23.4 Å². The van der Waals surface area contributed by atoms with E-state index in [2.05, 4.69) is 30.5 Å². The van der Waals surface area contributed by atoms with E-state index in [1.54, 1.807) is 0 Å². The van der Waals surface area contributed by atoms with E-state index in [9.17, 15) is 0 Å². The molecule has 0 aliphatic heterocycles. The molecule has 2 heteroatoms. The summed E-state index contributed by atoms with van der Waals surface area (Å²) in [7, 11) is 0. The van der Waals surface area contributed by atoms with Gasteiger partial charge in [0.25, 0.3) is 0 Å². The van der Waals surface area contributed by atoms with E-state index in [1.807, 2.05) is 23.9 Å². The van der Waals surface area contributed by atoms with Crippen LogP contribution in [0.5, 0.6) is 0 Å². The maximum absolute atomic E-state index is 5.91. The van der Waals surface area contributed by atoms with Crippen molar-refractivity contribution in [2.75, 3.05) is 12.0 Å². The van der Waals surface area contributed by atoms with Gasteiger partial charge in [-0.05, 0) is 74.7 Å². The van der Waals surface area contributed by atoms with Gasteiger partial charge in [0.1, 0.15) is 0 Å². The maximum Gasteiger partial charge on any atom is 0.0406 e. The molecule has 0 fully saturated rings. The average Bonchev–Trinajstić information content (AvgIpc) is 2.66. The van der Waals surface area contributed by atoms with Gasteiger partial charge in [-0.25, -0.2) is 0 Å². The van der Waals surface area contributed by atoms with E-state index in [0.29, 0.717) is 0 Å². The molecule has 0 aliphatic carbocycles. The van der Waals surface area contributed by atoms with Gasteiger partial charge in [0.05, 0.1) is 0 Å². The lowest BCUT2D eigenvalue weighted by molar-refractivity contribution is 0.596. The monoisotopic (exact) mass is 394 g/mol. The Morgan fingerprint density at radius 1 is 0.692 bits per heavy atom. The Balaban J connectivity index is 1.78. The van der Waals surface area contributed by atoms with Crippen molar-refractivity contribution in [1.82, 2.24) is 0 Å². The van der Waals surface area contributed by atoms with Crippen molar-refractivity contribution < 1.29 is 0 Å². The highest BCUT2D eigenvalue weighted by molar-refractivity contribution is 7.98. The molecule has 0 unspecified atom stereocenters. The summed E-state index contributed by atoms with van der Waals surface area (Å²) in [4.78, 5) is 0. The Kier molecular flexibility index (Phi) is 16.4. The van der Waals surface area contributed by atoms with Crippen molar-refractivity contribution in [3.63, 3.8) is 0 Å². The zero-order valence-corrected chi connectivity index (χ0v) is 18.4. The fourth-order valence-electron chi connectivity index (χ4n) is 3.22. The van der Waals surface area contributed by atoms with Crippen LogP contribution in [0.3, 0.4) is 0 Å². The lowest BCUT2D eigenvalue weighted by atomic mass is 10.0. The zero-order valence-electron chi connectivity index (χ0n) is 16.9. The topological polar surface area (TPSA) is 0 Å². The summed E-state index contributed by atoms with van der Waals surface area (Å²) in [6.45, 7) is 0. The van der Waals surface area contributed by atoms with Gasteiger partial charge >= 0.3 is 0 Å². The number of allylic oxidation sites excluding steroid dienone is 2. The molecule has 148 valence electrons. The van der Waals surface area contributed by atoms with Gasteiger partial charge in [0, 0.05) is 5.02 Å². The second kappa shape index (κ2) is 18.0. The van der Waals surface area contributed by atoms with E-state index >= 15 is 0 Å². The van der Waals surface area contributed by atoms with Crippen molar-refractivity contribution in [3.8, 4) is 0 Å². The average molecular weight is 395 g/mol. The Hall–Kier alpha value is -0.400. The number of aryl methyl sites for hydroxylation is 1. The summed E-state index contributed by atoms with van der Waals surface area (Å²) in [5.74, 6) is 1.34. The molecule has 0 aliphatic rings. The summed E-state index contributed by atoms with van der Waals surface area (Å²) in [5, 5.41) is 0.837. The van der Waals surface area contributed by atoms with Crippen LogP contribution in [-0.2, 0) is 6.42 Å². The third-order valence-electron chi connectivity index (χ3n) is 4.89. The van der Waals surface area contributed by atoms with Gasteiger partial charge in [-0.15, -0.1) is 0 Å². The van der Waals surface area contributed by atoms with Crippen LogP contribution in [0.1, 0.15) is 89.0 Å². The first-order valence-electron chi connectivity index (χ1n) is 10.7. The van der Waals surface area contributed by atoms with Gasteiger partial charge in [0.15, 0.2) is 0 Å². The molecule has 0 amide bonds. The van der Waals surface area contributed by atoms with Crippen LogP contribution in [0.4, 0.5) is 0 Å². The lowest BCUT2D eigenvalue weighted by Crippen LogP contribution is -1.86. The highest BCUT2D eigenvalue weighted by Gasteiger charge is 1.95. The smallest absolute Gasteiger partial charge is 0.0406 e. The van der Waals surface area contributed by atoms with E-state index in [4.69, 9.17) is 11.6 Å². The molecule has 0 atom stereocenters. The molecular formula is C24H39ClS. The standard InChI is InChI=1S/C24H39ClS/c1-26-22-16-14-12-10-8-6-4-2-3-5-7-9-11-13-15-17-23-18-20-24(25)21-19-23/h2,4,18-21H,3,5-17,22H2,1H3/b4-2-. The Morgan fingerprint density at radius 2 is 1.19 bits per heavy atom. The van der Waals surface area contributed by atoms with Gasteiger partial charge in [-0.1, -0.05) is 80.8 Å². The molecule has 1 rings (SSSR count). The van der Waals surface area contributed by atoms with E-state index in [0.717, 1.165) is 5.02 Å². The summed E-state index contributed by atoms with van der Waals surface area (Å²) < 4.78 is 0. The van der Waals surface area contributed by atoms with Gasteiger partial charge in [0.2, 0.25) is 0 Å². The second-order valence-electron chi connectivity index (χ2n) is 7.31. The quantitative estimate of drug-likeness (QED) is 0.188. The van der Waals surface area contributed by atoms with Crippen LogP contribution in [0.25, 0.3) is 0 Å². The first kappa shape index (κ1) is 23.6. The van der Waals surface area contributed by atoms with E-state index in [1.165, 1.54) is 101 Å². The lowest BCUT2D eigenvalue weighted by Gasteiger charge is -2.02.